The van der Waals surface area contributed by atoms with E-state index in [4.69, 9.17) is 5.73 Å². The minimum Gasteiger partial charge on any atom is -0.375 e. The number of nitrogens with one attached hydrogen (secondary N) is 1. The summed E-state index contributed by atoms with van der Waals surface area (Å²) in [5, 5.41) is 5.92. The SMILES string of the molecule is NC(=O)CNc1csc2ncccc12. The number of hydrogen-bond acceptors (Lipinski definition) is 4. The third-order valence-electron chi connectivity index (χ3n) is 1.80. The largest absolute Gasteiger partial charge is 0.375 e. The molecule has 2 heterocycles. The van der Waals surface area contributed by atoms with E-state index >= 15 is 0 Å². The van der Waals surface area contributed by atoms with Crippen LogP contribution in [0.3, 0.4) is 0 Å². The molecule has 72 valence electrons. The summed E-state index contributed by atoms with van der Waals surface area (Å²) in [5.74, 6) is -0.367. The molecule has 3 N–H and O–H groups in total. The Morgan fingerprint density at radius 3 is 3.29 bits per heavy atom. The predicted octanol–water partition coefficient (Wildman–Crippen LogP) is 1.19. The van der Waals surface area contributed by atoms with Gasteiger partial charge in [0.2, 0.25) is 5.91 Å². The van der Waals surface area contributed by atoms with Crippen LogP contribution in [0.2, 0.25) is 0 Å². The number of anilines is 1. The van der Waals surface area contributed by atoms with Crippen LogP contribution in [-0.2, 0) is 4.79 Å². The quantitative estimate of drug-likeness (QED) is 0.794. The van der Waals surface area contributed by atoms with Gasteiger partial charge in [-0.1, -0.05) is 0 Å². The highest BCUT2D eigenvalue weighted by Gasteiger charge is 2.03. The molecule has 0 aliphatic carbocycles. The maximum absolute atomic E-state index is 10.6. The summed E-state index contributed by atoms with van der Waals surface area (Å²) in [6.07, 6.45) is 1.75. The van der Waals surface area contributed by atoms with Gasteiger partial charge in [0.05, 0.1) is 12.2 Å². The minimum atomic E-state index is -0.367. The highest BCUT2D eigenvalue weighted by Crippen LogP contribution is 2.27. The topological polar surface area (TPSA) is 68.0 Å². The molecule has 2 aromatic rings. The first-order valence-electron chi connectivity index (χ1n) is 4.12. The summed E-state index contributed by atoms with van der Waals surface area (Å²) in [5.41, 5.74) is 5.95. The van der Waals surface area contributed by atoms with Crippen LogP contribution in [0.5, 0.6) is 0 Å². The molecule has 0 unspecified atom stereocenters. The molecule has 4 nitrogen and oxygen atoms in total. The molecule has 0 bridgehead atoms. The Balaban J connectivity index is 2.29. The van der Waals surface area contributed by atoms with Crippen LogP contribution >= 0.6 is 11.3 Å². The van der Waals surface area contributed by atoms with E-state index in [0.717, 1.165) is 15.9 Å². The first-order chi connectivity index (χ1) is 6.77. The molecule has 0 aliphatic heterocycles. The molecule has 0 atom stereocenters. The number of pyridine rings is 1. The van der Waals surface area contributed by atoms with E-state index in [0.29, 0.717) is 0 Å². The summed E-state index contributed by atoms with van der Waals surface area (Å²) in [6, 6.07) is 3.83. The number of primary amides is 1. The molecule has 2 rings (SSSR count). The number of thiophene rings is 1. The zero-order valence-corrected chi connectivity index (χ0v) is 8.17. The van der Waals surface area contributed by atoms with Crippen LogP contribution in [0.4, 0.5) is 5.69 Å². The van der Waals surface area contributed by atoms with Crippen molar-refractivity contribution in [2.75, 3.05) is 11.9 Å². The Hall–Kier alpha value is -1.62. The number of nitrogens with zero attached hydrogens (tertiary/aromatic N) is 1. The molecule has 0 fully saturated rings. The van der Waals surface area contributed by atoms with Gasteiger partial charge in [0.1, 0.15) is 4.83 Å². The van der Waals surface area contributed by atoms with E-state index in [1.54, 1.807) is 6.20 Å². The molecule has 0 saturated carbocycles. The highest BCUT2D eigenvalue weighted by molar-refractivity contribution is 7.17. The fourth-order valence-corrected chi connectivity index (χ4v) is 2.05. The van der Waals surface area contributed by atoms with Crippen LogP contribution in [0.1, 0.15) is 0 Å². The maximum atomic E-state index is 10.6. The van der Waals surface area contributed by atoms with Gasteiger partial charge in [0.25, 0.3) is 0 Å². The van der Waals surface area contributed by atoms with Crippen LogP contribution in [0.15, 0.2) is 23.7 Å². The summed E-state index contributed by atoms with van der Waals surface area (Å²) in [4.78, 5) is 15.7. The molecule has 14 heavy (non-hydrogen) atoms. The van der Waals surface area contributed by atoms with Crippen molar-refractivity contribution in [1.29, 1.82) is 0 Å². The summed E-state index contributed by atoms with van der Waals surface area (Å²) < 4.78 is 0. The Morgan fingerprint density at radius 2 is 2.50 bits per heavy atom. The standard InChI is InChI=1S/C9H9N3OS/c10-8(13)4-12-7-5-14-9-6(7)2-1-3-11-9/h1-3,5,12H,4H2,(H2,10,13). The van der Waals surface area contributed by atoms with Gasteiger partial charge in [0.15, 0.2) is 0 Å². The second-order valence-electron chi connectivity index (χ2n) is 2.83. The van der Waals surface area contributed by atoms with E-state index in [1.807, 2.05) is 17.5 Å². The number of aromatic nitrogens is 1. The number of hydrogen-bond donors (Lipinski definition) is 2. The summed E-state index contributed by atoms with van der Waals surface area (Å²) >= 11 is 1.54. The minimum absolute atomic E-state index is 0.153. The molecule has 0 radical (unpaired) electrons. The van der Waals surface area contributed by atoms with Crippen molar-refractivity contribution in [2.45, 2.75) is 0 Å². The number of rotatable bonds is 3. The lowest BCUT2D eigenvalue weighted by Gasteiger charge is -2.00. The van der Waals surface area contributed by atoms with Gasteiger partial charge in [-0.15, -0.1) is 11.3 Å². The normalized spacial score (nSPS) is 10.3. The first-order valence-corrected chi connectivity index (χ1v) is 5.00. The molecular formula is C9H9N3OS. The van der Waals surface area contributed by atoms with Crippen LogP contribution in [0.25, 0.3) is 10.2 Å². The van der Waals surface area contributed by atoms with Crippen molar-refractivity contribution in [3.8, 4) is 0 Å². The molecule has 0 saturated heterocycles. The third-order valence-corrected chi connectivity index (χ3v) is 2.70. The van der Waals surface area contributed by atoms with Crippen molar-refractivity contribution in [3.63, 3.8) is 0 Å². The van der Waals surface area contributed by atoms with Crippen LogP contribution in [-0.4, -0.2) is 17.4 Å². The van der Waals surface area contributed by atoms with Gasteiger partial charge >= 0.3 is 0 Å². The fraction of sp³-hybridized carbons (Fsp3) is 0.111. The lowest BCUT2D eigenvalue weighted by atomic mass is 10.3. The lowest BCUT2D eigenvalue weighted by Crippen LogP contribution is -2.21. The van der Waals surface area contributed by atoms with E-state index < -0.39 is 0 Å². The van der Waals surface area contributed by atoms with E-state index in [1.165, 1.54) is 11.3 Å². The maximum Gasteiger partial charge on any atom is 0.236 e. The smallest absolute Gasteiger partial charge is 0.236 e. The zero-order valence-electron chi connectivity index (χ0n) is 7.36. The van der Waals surface area contributed by atoms with Crippen molar-refractivity contribution in [3.05, 3.63) is 23.7 Å². The number of fused-ring (bicyclic) bond motifs is 1. The lowest BCUT2D eigenvalue weighted by molar-refractivity contribution is -0.116. The molecule has 2 aromatic heterocycles. The van der Waals surface area contributed by atoms with Crippen molar-refractivity contribution < 1.29 is 4.79 Å². The Bertz CT molecular complexity index is 466. The van der Waals surface area contributed by atoms with Crippen molar-refractivity contribution in [1.82, 2.24) is 4.98 Å². The van der Waals surface area contributed by atoms with Gasteiger partial charge in [-0.2, -0.15) is 0 Å². The molecule has 1 amide bonds. The second-order valence-corrected chi connectivity index (χ2v) is 3.68. The Morgan fingerprint density at radius 1 is 1.64 bits per heavy atom. The van der Waals surface area contributed by atoms with Crippen LogP contribution in [0, 0.1) is 0 Å². The monoisotopic (exact) mass is 207 g/mol. The fourth-order valence-electron chi connectivity index (χ4n) is 1.19. The van der Waals surface area contributed by atoms with Gasteiger partial charge < -0.3 is 11.1 Å². The average Bonchev–Trinajstić information content (AvgIpc) is 2.58. The van der Waals surface area contributed by atoms with E-state index in [2.05, 4.69) is 10.3 Å². The van der Waals surface area contributed by atoms with Crippen molar-refractivity contribution >= 4 is 33.1 Å². The zero-order chi connectivity index (χ0) is 9.97. The first kappa shape index (κ1) is 8.96. The highest BCUT2D eigenvalue weighted by atomic mass is 32.1. The summed E-state index contributed by atoms with van der Waals surface area (Å²) in [6.45, 7) is 0.153. The number of nitrogens with two attached hydrogens (primary N) is 1. The molecule has 5 heteroatoms. The van der Waals surface area contributed by atoms with Gasteiger partial charge in [-0.05, 0) is 12.1 Å². The van der Waals surface area contributed by atoms with Gasteiger partial charge in [0, 0.05) is 17.0 Å². The van der Waals surface area contributed by atoms with E-state index in [-0.39, 0.29) is 12.5 Å². The number of carbonyl (C=O) groups is 1. The second kappa shape index (κ2) is 3.63. The van der Waals surface area contributed by atoms with Crippen LogP contribution < -0.4 is 11.1 Å². The average molecular weight is 207 g/mol. The number of carbonyl (C=O) groups excluding carboxylic acids is 1. The summed E-state index contributed by atoms with van der Waals surface area (Å²) in [7, 11) is 0. The Kier molecular flexibility index (Phi) is 2.32. The third kappa shape index (κ3) is 1.67. The molecule has 0 aromatic carbocycles. The molecule has 0 aliphatic rings. The Labute approximate surface area is 84.8 Å². The molecular weight excluding hydrogens is 198 g/mol. The van der Waals surface area contributed by atoms with Crippen molar-refractivity contribution in [2.24, 2.45) is 5.73 Å². The van der Waals surface area contributed by atoms with Gasteiger partial charge in [-0.3, -0.25) is 4.79 Å². The van der Waals surface area contributed by atoms with E-state index in [9.17, 15) is 4.79 Å². The van der Waals surface area contributed by atoms with Gasteiger partial charge in [-0.25, -0.2) is 4.98 Å². The molecule has 0 spiro atoms. The number of amides is 1. The predicted molar refractivity (Wildman–Crippen MR) is 57.3 cm³/mol.